The van der Waals surface area contributed by atoms with E-state index < -0.39 is 23.1 Å². The number of rotatable bonds is 71. The van der Waals surface area contributed by atoms with Crippen LogP contribution in [0.3, 0.4) is 0 Å². The molecular weight excluding hydrogens is 1190 g/mol. The second-order valence-electron chi connectivity index (χ2n) is 22.6. The highest BCUT2D eigenvalue weighted by molar-refractivity contribution is 8.00. The molecule has 4 amide bonds. The van der Waals surface area contributed by atoms with E-state index in [1.165, 1.54) is 57.2 Å². The first-order chi connectivity index (χ1) is 43.7. The van der Waals surface area contributed by atoms with Gasteiger partial charge in [0.05, 0.1) is 157 Å². The highest BCUT2D eigenvalue weighted by Crippen LogP contribution is 2.28. The molecule has 0 aromatic heterocycles. The van der Waals surface area contributed by atoms with Gasteiger partial charge in [-0.3, -0.25) is 43.3 Å². The third-order valence-corrected chi connectivity index (χ3v) is 15.8. The highest BCUT2D eigenvalue weighted by Gasteiger charge is 2.39. The van der Waals surface area contributed by atoms with E-state index >= 15 is 0 Å². The molecule has 0 spiro atoms. The van der Waals surface area contributed by atoms with Gasteiger partial charge >= 0.3 is 0 Å². The Morgan fingerprint density at radius 1 is 0.489 bits per heavy atom. The zero-order valence-electron chi connectivity index (χ0n) is 55.6. The van der Waals surface area contributed by atoms with Crippen LogP contribution in [-0.2, 0) is 95.2 Å². The topological polar surface area (TPSA) is 292 Å². The fraction of sp³-hybridized carbons (Fsp3) is 0.877. The van der Waals surface area contributed by atoms with Crippen LogP contribution in [-0.4, -0.2) is 259 Å². The summed E-state index contributed by atoms with van der Waals surface area (Å²) in [6.07, 6.45) is 16.6. The minimum absolute atomic E-state index is 0.0231. The fourth-order valence-electron chi connectivity index (χ4n) is 9.10. The molecule has 3 atom stereocenters. The summed E-state index contributed by atoms with van der Waals surface area (Å²) in [6, 6.07) is -0.668. The lowest BCUT2D eigenvalue weighted by atomic mass is 9.98. The fourth-order valence-corrected chi connectivity index (χ4v) is 10.4. The van der Waals surface area contributed by atoms with E-state index in [4.69, 9.17) is 62.6 Å². The number of likely N-dealkylation sites (tertiary alicyclic amines) is 1. The van der Waals surface area contributed by atoms with Crippen molar-refractivity contribution in [2.75, 3.05) is 192 Å². The molecule has 90 heavy (non-hydrogen) atoms. The first kappa shape index (κ1) is 84.6. The summed E-state index contributed by atoms with van der Waals surface area (Å²) in [5.41, 5.74) is 5.54. The number of ether oxygens (including phenoxy) is 12. The lowest BCUT2D eigenvalue weighted by Crippen LogP contribution is -2.44. The molecule has 25 heteroatoms. The first-order valence-electron chi connectivity index (χ1n) is 33.4. The third kappa shape index (κ3) is 53.0. The maximum atomic E-state index is 13.0. The molecule has 1 aliphatic heterocycles. The molecule has 1 saturated heterocycles. The number of carbonyl (C=O) groups excluding carboxylic acids is 8. The van der Waals surface area contributed by atoms with Crippen molar-refractivity contribution in [3.05, 3.63) is 0 Å². The zero-order chi connectivity index (χ0) is 65.8. The summed E-state index contributed by atoms with van der Waals surface area (Å²) in [5.74, 6) is -1.51. The maximum absolute atomic E-state index is 13.0. The van der Waals surface area contributed by atoms with Crippen LogP contribution in [0.25, 0.3) is 0 Å². The molecule has 0 aromatic rings. The van der Waals surface area contributed by atoms with E-state index in [1.54, 1.807) is 0 Å². The Labute approximate surface area is 542 Å². The predicted molar refractivity (Wildman–Crippen MR) is 344 cm³/mol. The van der Waals surface area contributed by atoms with Crippen molar-refractivity contribution in [3.8, 4) is 0 Å². The number of carbonyl (C=O) groups is 8. The summed E-state index contributed by atoms with van der Waals surface area (Å²) >= 11 is 1.24. The van der Waals surface area contributed by atoms with Crippen molar-refractivity contribution in [3.63, 3.8) is 0 Å². The number of imide groups is 1. The van der Waals surface area contributed by atoms with E-state index in [-0.39, 0.29) is 73.1 Å². The number of nitrogens with one attached hydrogen (secondary N) is 1. The minimum atomic E-state index is -0.668. The van der Waals surface area contributed by atoms with E-state index in [9.17, 15) is 38.4 Å². The molecule has 0 radical (unpaired) electrons. The number of ketones is 4. The van der Waals surface area contributed by atoms with Gasteiger partial charge in [-0.2, -0.15) is 0 Å². The molecule has 1 fully saturated rings. The first-order valence-corrected chi connectivity index (χ1v) is 34.5. The van der Waals surface area contributed by atoms with E-state index in [2.05, 4.69) is 12.2 Å². The number of amides is 4. The summed E-state index contributed by atoms with van der Waals surface area (Å²) < 4.78 is 66.3. The minimum Gasteiger partial charge on any atom is -0.379 e. The zero-order valence-corrected chi connectivity index (χ0v) is 56.4. The molecule has 0 bridgehead atoms. The molecule has 24 nitrogen and oxygen atoms in total. The van der Waals surface area contributed by atoms with Crippen LogP contribution in [0.1, 0.15) is 162 Å². The van der Waals surface area contributed by atoms with Crippen molar-refractivity contribution in [1.82, 2.24) is 15.1 Å². The van der Waals surface area contributed by atoms with Crippen molar-refractivity contribution < 1.29 is 95.2 Å². The number of nitrogens with zero attached hydrogens (tertiary/aromatic N) is 2. The van der Waals surface area contributed by atoms with E-state index in [1.807, 2.05) is 19.0 Å². The molecule has 1 rings (SSSR count). The van der Waals surface area contributed by atoms with Crippen LogP contribution < -0.4 is 11.1 Å². The van der Waals surface area contributed by atoms with Gasteiger partial charge in [0.25, 0.3) is 0 Å². The molecule has 524 valence electrons. The van der Waals surface area contributed by atoms with Gasteiger partial charge in [0, 0.05) is 76.2 Å². The van der Waals surface area contributed by atoms with E-state index in [0.29, 0.717) is 209 Å². The number of unbranched alkanes of at least 4 members (excludes halogenated alkanes) is 10. The number of thioether (sulfide) groups is 1. The quantitative estimate of drug-likeness (QED) is 0.0514. The Morgan fingerprint density at radius 3 is 1.32 bits per heavy atom. The second kappa shape index (κ2) is 61.7. The van der Waals surface area contributed by atoms with Gasteiger partial charge in [0.1, 0.15) is 29.2 Å². The number of nitrogens with two attached hydrogens (primary N) is 1. The maximum Gasteiger partial charge on any atom is 0.242 e. The summed E-state index contributed by atoms with van der Waals surface area (Å²) in [4.78, 5) is 102. The van der Waals surface area contributed by atoms with Gasteiger partial charge in [-0.15, -0.1) is 11.8 Å². The average Bonchev–Trinajstić information content (AvgIpc) is 3.29. The highest BCUT2D eigenvalue weighted by atomic mass is 32.2. The second-order valence-corrected chi connectivity index (χ2v) is 23.8. The SMILES string of the molecule is CCCCCCCCCCCC(=O)NC(CCCCCC(=O)CCOCCOCCOCCOCCOCCOCCOCCOCCOCCOCCOCCOCCCC(=O)CCN1C(=O)CC(SC[C@H](CC(=O)CCCN(C)C)C(C)=O)C1=O)C(N)=O. The van der Waals surface area contributed by atoms with Gasteiger partial charge in [-0.25, -0.2) is 0 Å². The Balaban J connectivity index is 1.78. The Kier molecular flexibility index (Phi) is 58.0. The number of Topliss-reactive ketones (excluding diaryl/α,β-unsaturated/α-hetero) is 4. The van der Waals surface area contributed by atoms with Gasteiger partial charge in [-0.05, 0) is 59.7 Å². The van der Waals surface area contributed by atoms with E-state index in [0.717, 1.165) is 50.0 Å². The van der Waals surface area contributed by atoms with Gasteiger partial charge in [-0.1, -0.05) is 71.1 Å². The summed E-state index contributed by atoms with van der Waals surface area (Å²) in [6.45, 7) is 14.7. The van der Waals surface area contributed by atoms with Crippen LogP contribution in [0.4, 0.5) is 0 Å². The van der Waals surface area contributed by atoms with Crippen molar-refractivity contribution in [2.24, 2.45) is 11.7 Å². The van der Waals surface area contributed by atoms with Crippen LogP contribution in [0, 0.1) is 5.92 Å². The largest absolute Gasteiger partial charge is 0.379 e. The van der Waals surface area contributed by atoms with Crippen LogP contribution in [0.15, 0.2) is 0 Å². The Bertz CT molecular complexity index is 1840. The monoisotopic (exact) mass is 1310 g/mol. The van der Waals surface area contributed by atoms with Crippen molar-refractivity contribution in [1.29, 1.82) is 0 Å². The van der Waals surface area contributed by atoms with Crippen molar-refractivity contribution >= 4 is 58.5 Å². The molecule has 0 saturated carbocycles. The molecule has 2 unspecified atom stereocenters. The van der Waals surface area contributed by atoms with Crippen molar-refractivity contribution in [2.45, 2.75) is 173 Å². The normalized spacial score (nSPS) is 14.1. The standard InChI is InChI=1S/C65H118N4O20S/c1-5-6-7-8-9-10-11-12-16-23-62(74)67-60(64(66)76)22-15-13-14-19-58(72)25-29-79-31-33-81-35-37-83-39-41-85-43-45-87-47-49-89-51-50-88-48-46-86-44-42-84-40-38-82-36-34-80-32-30-78-28-18-21-57(71)24-27-69-63(75)53-61(65(69)77)90-54-56(55(2)70)52-59(73)20-17-26-68(3)4/h56,60-61H,5-54H2,1-4H3,(H2,66,76)(H,67,74)/t56-,60?,61?/m0/s1. The molecule has 0 aromatic carbocycles. The molecule has 1 aliphatic rings. The molecule has 3 N–H and O–H groups in total. The lowest BCUT2D eigenvalue weighted by Gasteiger charge is -2.17. The molecule has 0 aliphatic carbocycles. The number of hydrogen-bond donors (Lipinski definition) is 2. The van der Waals surface area contributed by atoms with Crippen LogP contribution in [0.2, 0.25) is 0 Å². The smallest absolute Gasteiger partial charge is 0.242 e. The molecular formula is C65H118N4O20S. The summed E-state index contributed by atoms with van der Waals surface area (Å²) in [7, 11) is 3.88. The van der Waals surface area contributed by atoms with Gasteiger partial charge < -0.3 is 72.8 Å². The predicted octanol–water partition coefficient (Wildman–Crippen LogP) is 6.09. The Morgan fingerprint density at radius 2 is 0.878 bits per heavy atom. The van der Waals surface area contributed by atoms with Crippen LogP contribution in [0.5, 0.6) is 0 Å². The number of hydrogen-bond acceptors (Lipinski definition) is 22. The van der Waals surface area contributed by atoms with Crippen LogP contribution >= 0.6 is 11.8 Å². The van der Waals surface area contributed by atoms with Gasteiger partial charge in [0.15, 0.2) is 0 Å². The lowest BCUT2D eigenvalue weighted by molar-refractivity contribution is -0.138. The van der Waals surface area contributed by atoms with Gasteiger partial charge in [0.2, 0.25) is 23.6 Å². The summed E-state index contributed by atoms with van der Waals surface area (Å²) in [5, 5.41) is 2.18. The average molecular weight is 1310 g/mol. The Hall–Kier alpha value is -3.41. The third-order valence-electron chi connectivity index (χ3n) is 14.4. The number of primary amides is 1. The molecule has 1 heterocycles.